The summed E-state index contributed by atoms with van der Waals surface area (Å²) in [6.45, 7) is 12.7. The van der Waals surface area contributed by atoms with Crippen LogP contribution < -0.4 is 10.1 Å². The van der Waals surface area contributed by atoms with Gasteiger partial charge in [-0.2, -0.15) is 19.6 Å². The molecule has 1 aliphatic carbocycles. The van der Waals surface area contributed by atoms with Crippen LogP contribution in [-0.2, 0) is 4.74 Å². The average molecular weight is 563 g/mol. The van der Waals surface area contributed by atoms with Crippen LogP contribution >= 0.6 is 11.6 Å². The summed E-state index contributed by atoms with van der Waals surface area (Å²) in [5, 5.41) is 7.36. The molecule has 1 amide bonds. The summed E-state index contributed by atoms with van der Waals surface area (Å²) in [4.78, 5) is 22.1. The van der Waals surface area contributed by atoms with E-state index in [-0.39, 0.29) is 57.4 Å². The summed E-state index contributed by atoms with van der Waals surface area (Å²) in [5.74, 6) is -0.845. The normalized spacial score (nSPS) is 17.7. The number of rotatable bonds is 6. The zero-order valence-electron chi connectivity index (χ0n) is 22.9. The van der Waals surface area contributed by atoms with E-state index in [2.05, 4.69) is 20.4 Å². The van der Waals surface area contributed by atoms with Crippen LogP contribution in [0, 0.1) is 23.0 Å². The number of aromatic nitrogens is 4. The van der Waals surface area contributed by atoms with E-state index in [9.17, 15) is 4.79 Å². The Morgan fingerprint density at radius 1 is 1.15 bits per heavy atom. The van der Waals surface area contributed by atoms with Gasteiger partial charge < -0.3 is 19.7 Å². The number of carbonyl (C=O) groups excluding carboxylic acids is 1. The number of nitrogens with one attached hydrogen (secondary N) is 1. The van der Waals surface area contributed by atoms with Crippen LogP contribution in [0.2, 0.25) is 5.15 Å². The smallest absolute Gasteiger partial charge is 0.410 e. The number of fused-ring (bicyclic) bond motifs is 1. The second-order valence-corrected chi connectivity index (χ2v) is 12.4. The van der Waals surface area contributed by atoms with Crippen molar-refractivity contribution >= 4 is 29.3 Å². The van der Waals surface area contributed by atoms with Crippen LogP contribution in [0.4, 0.5) is 19.4 Å². The molecule has 1 saturated heterocycles. The molecular weight excluding hydrogens is 530 g/mol. The molecule has 9 nitrogen and oxygen atoms in total. The number of amides is 1. The standard InChI is InChI=1S/C27H33ClF2N6O3/c1-14(2)15(3)33-23-21(22(28)34-24-31-13-32-36(23)24)20-18(29)7-16(8-19(20)30)38-17-9-27(10-17)11-35(12-27)25(37)39-26(4,5)6/h7-8,13-15,17,33H,9-12H2,1-6H3/t15-/m1/s1. The van der Waals surface area contributed by atoms with E-state index in [1.54, 1.807) is 4.90 Å². The van der Waals surface area contributed by atoms with Gasteiger partial charge in [-0.1, -0.05) is 25.4 Å². The number of carbonyl (C=O) groups is 1. The predicted octanol–water partition coefficient (Wildman–Crippen LogP) is 5.96. The van der Waals surface area contributed by atoms with Gasteiger partial charge in [0.15, 0.2) is 0 Å². The van der Waals surface area contributed by atoms with Crippen molar-refractivity contribution in [2.45, 2.75) is 72.1 Å². The van der Waals surface area contributed by atoms with Crippen LogP contribution in [0.25, 0.3) is 16.9 Å². The van der Waals surface area contributed by atoms with Crippen molar-refractivity contribution in [1.82, 2.24) is 24.5 Å². The van der Waals surface area contributed by atoms with Crippen molar-refractivity contribution < 1.29 is 23.0 Å². The van der Waals surface area contributed by atoms with E-state index in [1.165, 1.54) is 10.8 Å². The third-order valence-corrected chi connectivity index (χ3v) is 7.61. The maximum atomic E-state index is 15.5. The fourth-order valence-electron chi connectivity index (χ4n) is 5.07. The maximum absolute atomic E-state index is 15.5. The Kier molecular flexibility index (Phi) is 6.85. The number of ether oxygens (including phenoxy) is 2. The first-order valence-corrected chi connectivity index (χ1v) is 13.4. The third kappa shape index (κ3) is 5.33. The molecule has 1 spiro atoms. The number of anilines is 1. The van der Waals surface area contributed by atoms with Crippen molar-refractivity contribution in [3.8, 4) is 16.9 Å². The molecule has 1 N–H and O–H groups in total. The Bertz CT molecular complexity index is 1390. The van der Waals surface area contributed by atoms with Crippen LogP contribution in [0.5, 0.6) is 5.75 Å². The molecule has 1 aromatic carbocycles. The summed E-state index contributed by atoms with van der Waals surface area (Å²) < 4.78 is 43.8. The van der Waals surface area contributed by atoms with E-state index >= 15 is 8.78 Å². The average Bonchev–Trinajstić information content (AvgIpc) is 3.22. The molecule has 2 fully saturated rings. The molecule has 1 saturated carbocycles. The molecule has 1 aliphatic heterocycles. The monoisotopic (exact) mass is 562 g/mol. The summed E-state index contributed by atoms with van der Waals surface area (Å²) in [6.07, 6.45) is 2.16. The lowest BCUT2D eigenvalue weighted by molar-refractivity contribution is -0.116. The SMILES string of the molecule is CC(C)[C@@H](C)Nc1c(-c2c(F)cc(OC3CC4(C3)CN(C(=O)OC(C)(C)C)C4)cc2F)c(Cl)nc2ncnn12. The third-order valence-electron chi connectivity index (χ3n) is 7.34. The number of hydrogen-bond donors (Lipinski definition) is 1. The Morgan fingerprint density at radius 2 is 1.79 bits per heavy atom. The van der Waals surface area contributed by atoms with Crippen LogP contribution in [0.1, 0.15) is 54.4 Å². The lowest BCUT2D eigenvalue weighted by atomic mass is 9.62. The Labute approximate surface area is 230 Å². The quantitative estimate of drug-likeness (QED) is 0.371. The second-order valence-electron chi connectivity index (χ2n) is 12.0. The summed E-state index contributed by atoms with van der Waals surface area (Å²) >= 11 is 6.45. The molecule has 2 aliphatic rings. The van der Waals surface area contributed by atoms with Crippen molar-refractivity contribution in [3.05, 3.63) is 35.2 Å². The van der Waals surface area contributed by atoms with Crippen molar-refractivity contribution in [1.29, 1.82) is 0 Å². The van der Waals surface area contributed by atoms with Gasteiger partial charge in [0.2, 0.25) is 0 Å². The van der Waals surface area contributed by atoms with Gasteiger partial charge in [-0.25, -0.2) is 13.6 Å². The molecule has 3 heterocycles. The molecule has 0 unspecified atom stereocenters. The first kappa shape index (κ1) is 27.4. The predicted molar refractivity (Wildman–Crippen MR) is 143 cm³/mol. The minimum atomic E-state index is -0.831. The van der Waals surface area contributed by atoms with Crippen LogP contribution in [-0.4, -0.2) is 61.4 Å². The molecule has 5 rings (SSSR count). The van der Waals surface area contributed by atoms with Gasteiger partial charge in [0.1, 0.15) is 46.4 Å². The highest BCUT2D eigenvalue weighted by Gasteiger charge is 2.55. The summed E-state index contributed by atoms with van der Waals surface area (Å²) in [5.41, 5.74) is -0.842. The fourth-order valence-corrected chi connectivity index (χ4v) is 5.33. The highest BCUT2D eigenvalue weighted by atomic mass is 35.5. The topological polar surface area (TPSA) is 93.9 Å². The minimum Gasteiger partial charge on any atom is -0.490 e. The second kappa shape index (κ2) is 9.76. The molecule has 39 heavy (non-hydrogen) atoms. The number of likely N-dealkylation sites (tertiary alicyclic amines) is 1. The molecule has 3 aromatic rings. The molecular formula is C27H33ClF2N6O3. The highest BCUT2D eigenvalue weighted by Crippen LogP contribution is 2.50. The summed E-state index contributed by atoms with van der Waals surface area (Å²) in [7, 11) is 0. The van der Waals surface area contributed by atoms with Crippen LogP contribution in [0.15, 0.2) is 18.5 Å². The molecule has 1 atom stereocenters. The van der Waals surface area contributed by atoms with Gasteiger partial charge in [-0.15, -0.1) is 0 Å². The van der Waals surface area contributed by atoms with Gasteiger partial charge in [0.05, 0.1) is 11.1 Å². The zero-order valence-corrected chi connectivity index (χ0v) is 23.6. The number of hydrogen-bond acceptors (Lipinski definition) is 7. The van der Waals surface area contributed by atoms with Gasteiger partial charge in [0, 0.05) is 36.7 Å². The molecule has 12 heteroatoms. The first-order chi connectivity index (χ1) is 18.2. The number of benzene rings is 1. The molecule has 0 bridgehead atoms. The molecule has 2 aromatic heterocycles. The number of nitrogens with zero attached hydrogens (tertiary/aromatic N) is 5. The minimum absolute atomic E-state index is 0.0291. The van der Waals surface area contributed by atoms with E-state index in [1.807, 2.05) is 41.5 Å². The Morgan fingerprint density at radius 3 is 2.38 bits per heavy atom. The van der Waals surface area contributed by atoms with Crippen molar-refractivity contribution in [2.24, 2.45) is 11.3 Å². The van der Waals surface area contributed by atoms with Gasteiger partial charge in [-0.3, -0.25) is 0 Å². The maximum Gasteiger partial charge on any atom is 0.410 e. The Hall–Kier alpha value is -3.21. The zero-order chi connectivity index (χ0) is 28.3. The number of halogens is 3. The van der Waals surface area contributed by atoms with Crippen LogP contribution in [0.3, 0.4) is 0 Å². The van der Waals surface area contributed by atoms with Crippen molar-refractivity contribution in [2.75, 3.05) is 18.4 Å². The van der Waals surface area contributed by atoms with Gasteiger partial charge >= 0.3 is 6.09 Å². The van der Waals surface area contributed by atoms with Gasteiger partial charge in [0.25, 0.3) is 5.78 Å². The highest BCUT2D eigenvalue weighted by molar-refractivity contribution is 6.33. The first-order valence-electron chi connectivity index (χ1n) is 13.0. The van der Waals surface area contributed by atoms with E-state index in [0.717, 1.165) is 12.1 Å². The van der Waals surface area contributed by atoms with Gasteiger partial charge in [-0.05, 0) is 46.5 Å². The largest absolute Gasteiger partial charge is 0.490 e. The Balaban J connectivity index is 1.32. The lowest BCUT2D eigenvalue weighted by Crippen LogP contribution is -2.66. The van der Waals surface area contributed by atoms with E-state index in [4.69, 9.17) is 21.1 Å². The molecule has 210 valence electrons. The summed E-state index contributed by atoms with van der Waals surface area (Å²) in [6, 6.07) is 2.26. The van der Waals surface area contributed by atoms with E-state index < -0.39 is 17.2 Å². The molecule has 0 radical (unpaired) electrons. The van der Waals surface area contributed by atoms with E-state index in [0.29, 0.717) is 31.7 Å². The van der Waals surface area contributed by atoms with Crippen molar-refractivity contribution in [3.63, 3.8) is 0 Å². The lowest BCUT2D eigenvalue weighted by Gasteiger charge is -2.58. The fraction of sp³-hybridized carbons (Fsp3) is 0.556.